The lowest BCUT2D eigenvalue weighted by Gasteiger charge is -2.16. The molecule has 1 aromatic rings. The van der Waals surface area contributed by atoms with Crippen LogP contribution in [-0.4, -0.2) is 22.7 Å². The Morgan fingerprint density at radius 1 is 1.43 bits per heavy atom. The Morgan fingerprint density at radius 3 is 2.81 bits per heavy atom. The lowest BCUT2D eigenvalue weighted by molar-refractivity contribution is -0.385. The smallest absolute Gasteiger partial charge is 0.272 e. The van der Waals surface area contributed by atoms with Crippen LogP contribution in [0.25, 0.3) is 0 Å². The van der Waals surface area contributed by atoms with E-state index in [1.165, 1.54) is 31.7 Å². The van der Waals surface area contributed by atoms with Gasteiger partial charge in [0.15, 0.2) is 0 Å². The van der Waals surface area contributed by atoms with E-state index in [4.69, 9.17) is 0 Å². The molecule has 0 bridgehead atoms. The van der Waals surface area contributed by atoms with Gasteiger partial charge in [-0.1, -0.05) is 37.8 Å². The normalized spacial score (nSPS) is 17.0. The first-order chi connectivity index (χ1) is 10.1. The number of nitro benzene ring substituents is 1. The van der Waals surface area contributed by atoms with Crippen molar-refractivity contribution in [2.45, 2.75) is 51.7 Å². The third kappa shape index (κ3) is 4.51. The predicted molar refractivity (Wildman–Crippen MR) is 82.1 cm³/mol. The van der Waals surface area contributed by atoms with Gasteiger partial charge in [0.25, 0.3) is 5.69 Å². The van der Waals surface area contributed by atoms with E-state index in [9.17, 15) is 15.2 Å². The third-order valence-electron chi connectivity index (χ3n) is 4.39. The molecule has 2 rings (SSSR count). The largest absolute Gasteiger partial charge is 0.392 e. The second kappa shape index (κ2) is 7.52. The molecule has 1 aliphatic carbocycles. The molecule has 5 nitrogen and oxygen atoms in total. The van der Waals surface area contributed by atoms with Gasteiger partial charge in [0.2, 0.25) is 0 Å². The monoisotopic (exact) mass is 292 g/mol. The van der Waals surface area contributed by atoms with Crippen LogP contribution in [0.4, 0.5) is 5.69 Å². The molecule has 0 amide bonds. The van der Waals surface area contributed by atoms with Crippen LogP contribution < -0.4 is 5.32 Å². The molecule has 5 heteroatoms. The third-order valence-corrected chi connectivity index (χ3v) is 4.39. The molecule has 1 atom stereocenters. The molecule has 0 aliphatic heterocycles. The van der Waals surface area contributed by atoms with Gasteiger partial charge in [-0.25, -0.2) is 0 Å². The Morgan fingerprint density at radius 2 is 2.14 bits per heavy atom. The highest BCUT2D eigenvalue weighted by molar-refractivity contribution is 5.44. The fourth-order valence-corrected chi connectivity index (χ4v) is 3.15. The van der Waals surface area contributed by atoms with Crippen LogP contribution in [0.3, 0.4) is 0 Å². The van der Waals surface area contributed by atoms with Crippen molar-refractivity contribution < 1.29 is 10.0 Å². The van der Waals surface area contributed by atoms with Crippen molar-refractivity contribution in [2.75, 3.05) is 6.54 Å². The van der Waals surface area contributed by atoms with Crippen LogP contribution >= 0.6 is 0 Å². The highest BCUT2D eigenvalue weighted by Gasteiger charge is 2.19. The van der Waals surface area contributed by atoms with E-state index in [0.29, 0.717) is 24.6 Å². The Labute approximate surface area is 125 Å². The number of rotatable bonds is 7. The van der Waals surface area contributed by atoms with E-state index in [0.717, 1.165) is 12.0 Å². The van der Waals surface area contributed by atoms with Crippen LogP contribution in [0.2, 0.25) is 0 Å². The van der Waals surface area contributed by atoms with Gasteiger partial charge >= 0.3 is 0 Å². The van der Waals surface area contributed by atoms with Crippen molar-refractivity contribution in [3.63, 3.8) is 0 Å². The fourth-order valence-electron chi connectivity index (χ4n) is 3.15. The first-order valence-electron chi connectivity index (χ1n) is 7.69. The van der Waals surface area contributed by atoms with E-state index >= 15 is 0 Å². The van der Waals surface area contributed by atoms with Gasteiger partial charge in [-0.05, 0) is 24.8 Å². The summed E-state index contributed by atoms with van der Waals surface area (Å²) in [5, 5.41) is 24.1. The number of nitro groups is 1. The van der Waals surface area contributed by atoms with Crippen LogP contribution in [0.15, 0.2) is 18.2 Å². The molecule has 1 aromatic carbocycles. The van der Waals surface area contributed by atoms with Gasteiger partial charge in [0.1, 0.15) is 0 Å². The number of hydrogen-bond acceptors (Lipinski definition) is 4. The molecule has 0 saturated heterocycles. The van der Waals surface area contributed by atoms with Crippen LogP contribution in [0.1, 0.15) is 43.2 Å². The summed E-state index contributed by atoms with van der Waals surface area (Å²) in [6, 6.07) is 5.11. The zero-order valence-electron chi connectivity index (χ0n) is 12.5. The summed E-state index contributed by atoms with van der Waals surface area (Å²) >= 11 is 0. The van der Waals surface area contributed by atoms with E-state index in [2.05, 4.69) is 5.32 Å². The highest BCUT2D eigenvalue weighted by atomic mass is 16.6. The van der Waals surface area contributed by atoms with Crippen molar-refractivity contribution in [1.82, 2.24) is 5.32 Å². The maximum absolute atomic E-state index is 10.9. The minimum absolute atomic E-state index is 0.154. The number of aliphatic hydroxyl groups is 1. The second-order valence-corrected chi connectivity index (χ2v) is 5.99. The molecule has 1 fully saturated rings. The zero-order chi connectivity index (χ0) is 15.2. The topological polar surface area (TPSA) is 75.4 Å². The van der Waals surface area contributed by atoms with Crippen molar-refractivity contribution in [3.8, 4) is 0 Å². The molecule has 0 heterocycles. The number of hydrogen-bond donors (Lipinski definition) is 2. The molecular weight excluding hydrogens is 268 g/mol. The predicted octanol–water partition coefficient (Wildman–Crippen LogP) is 2.93. The van der Waals surface area contributed by atoms with E-state index in [1.807, 2.05) is 6.07 Å². The van der Waals surface area contributed by atoms with E-state index in [-0.39, 0.29) is 16.7 Å². The molecular formula is C16H24N2O3. The average molecular weight is 292 g/mol. The van der Waals surface area contributed by atoms with Gasteiger partial charge in [0.05, 0.1) is 11.0 Å². The van der Waals surface area contributed by atoms with Crippen molar-refractivity contribution >= 4 is 5.69 Å². The summed E-state index contributed by atoms with van der Waals surface area (Å²) in [4.78, 5) is 10.5. The number of nitrogens with zero attached hydrogens (tertiary/aromatic N) is 1. The molecule has 1 unspecified atom stereocenters. The summed E-state index contributed by atoms with van der Waals surface area (Å²) in [7, 11) is 0. The summed E-state index contributed by atoms with van der Waals surface area (Å²) in [5.74, 6) is 0.668. The summed E-state index contributed by atoms with van der Waals surface area (Å²) in [5.41, 5.74) is 1.76. The minimum Gasteiger partial charge on any atom is -0.392 e. The van der Waals surface area contributed by atoms with Crippen LogP contribution in [0.5, 0.6) is 0 Å². The van der Waals surface area contributed by atoms with Crippen molar-refractivity contribution in [3.05, 3.63) is 39.4 Å². The number of nitrogens with one attached hydrogen (secondary N) is 1. The van der Waals surface area contributed by atoms with Crippen molar-refractivity contribution in [2.24, 2.45) is 5.92 Å². The molecule has 21 heavy (non-hydrogen) atoms. The van der Waals surface area contributed by atoms with Gasteiger partial charge in [-0.2, -0.15) is 0 Å². The van der Waals surface area contributed by atoms with Gasteiger partial charge < -0.3 is 10.4 Å². The Bertz CT molecular complexity index is 484. The first kappa shape index (κ1) is 15.9. The molecule has 0 radical (unpaired) electrons. The first-order valence-corrected chi connectivity index (χ1v) is 7.69. The lowest BCUT2D eigenvalue weighted by atomic mass is 10.00. The summed E-state index contributed by atoms with van der Waals surface area (Å²) in [6.45, 7) is 2.86. The number of benzene rings is 1. The minimum atomic E-state index is -0.353. The Kier molecular flexibility index (Phi) is 5.70. The van der Waals surface area contributed by atoms with E-state index in [1.54, 1.807) is 13.0 Å². The molecule has 0 aromatic heterocycles. The maximum atomic E-state index is 10.9. The van der Waals surface area contributed by atoms with Gasteiger partial charge in [0, 0.05) is 24.7 Å². The Balaban J connectivity index is 1.80. The maximum Gasteiger partial charge on any atom is 0.272 e. The fraction of sp³-hybridized carbons (Fsp3) is 0.625. The Hall–Kier alpha value is -1.46. The molecule has 1 aliphatic rings. The summed E-state index contributed by atoms with van der Waals surface area (Å²) in [6.07, 6.45) is 5.59. The molecule has 116 valence electrons. The van der Waals surface area contributed by atoms with Gasteiger partial charge in [-0.3, -0.25) is 10.1 Å². The van der Waals surface area contributed by atoms with Crippen LogP contribution in [0, 0.1) is 23.0 Å². The molecule has 1 saturated carbocycles. The van der Waals surface area contributed by atoms with Crippen molar-refractivity contribution in [1.29, 1.82) is 0 Å². The highest BCUT2D eigenvalue weighted by Crippen LogP contribution is 2.28. The molecule has 0 spiro atoms. The lowest BCUT2D eigenvalue weighted by Crippen LogP contribution is -2.28. The quantitative estimate of drug-likeness (QED) is 0.598. The summed E-state index contributed by atoms with van der Waals surface area (Å²) < 4.78 is 0. The van der Waals surface area contributed by atoms with E-state index < -0.39 is 0 Å². The van der Waals surface area contributed by atoms with Gasteiger partial charge in [-0.15, -0.1) is 0 Å². The SMILES string of the molecule is Cc1c(CNCC(O)CC2CCCC2)cccc1[N+](=O)[O-]. The molecule has 2 N–H and O–H groups in total. The average Bonchev–Trinajstić information content (AvgIpc) is 2.93. The van der Waals surface area contributed by atoms with Crippen LogP contribution in [-0.2, 0) is 6.54 Å². The zero-order valence-corrected chi connectivity index (χ0v) is 12.5. The number of aliphatic hydroxyl groups excluding tert-OH is 1. The second-order valence-electron chi connectivity index (χ2n) is 5.99. The standard InChI is InChI=1S/C16H24N2O3/c1-12-14(7-4-8-16(12)18(20)21)10-17-11-15(19)9-13-5-2-3-6-13/h4,7-8,13,15,17,19H,2-3,5-6,9-11H2,1H3.